The Morgan fingerprint density at radius 2 is 2.22 bits per heavy atom. The van der Waals surface area contributed by atoms with Crippen LogP contribution in [0.5, 0.6) is 0 Å². The van der Waals surface area contributed by atoms with Crippen molar-refractivity contribution in [2.24, 2.45) is 0 Å². The summed E-state index contributed by atoms with van der Waals surface area (Å²) in [6, 6.07) is 2.97. The molecule has 3 rings (SSSR count). The van der Waals surface area contributed by atoms with E-state index in [1.165, 1.54) is 23.1 Å². The minimum atomic E-state index is -1.24. The van der Waals surface area contributed by atoms with Crippen LogP contribution in [0.25, 0.3) is 0 Å². The fourth-order valence-electron chi connectivity index (χ4n) is 2.60. The minimum absolute atomic E-state index is 0.162. The Morgan fingerprint density at radius 1 is 1.43 bits per heavy atom. The zero-order valence-electron chi connectivity index (χ0n) is 11.9. The fraction of sp³-hybridized carbons (Fsp3) is 0.357. The first-order chi connectivity index (χ1) is 11.0. The molecular weight excluding hydrogens is 340 g/mol. The number of fused-ring (bicyclic) bond motifs is 1. The third-order valence-corrected chi connectivity index (χ3v) is 5.89. The van der Waals surface area contributed by atoms with Crippen LogP contribution in [0.4, 0.5) is 0 Å². The molecule has 3 N–H and O–H groups in total. The quantitative estimate of drug-likeness (QED) is 0.644. The lowest BCUT2D eigenvalue weighted by atomic mass is 10.0. The van der Waals surface area contributed by atoms with Crippen molar-refractivity contribution in [1.29, 1.82) is 0 Å². The summed E-state index contributed by atoms with van der Waals surface area (Å²) in [6.45, 7) is -0.402. The molecule has 2 atom stereocenters. The second kappa shape index (κ2) is 6.34. The summed E-state index contributed by atoms with van der Waals surface area (Å²) in [5.74, 6) is -1.63. The minimum Gasteiger partial charge on any atom is -0.477 e. The normalized spacial score (nSPS) is 23.3. The molecule has 23 heavy (non-hydrogen) atoms. The Morgan fingerprint density at radius 3 is 2.83 bits per heavy atom. The second-order valence-corrected chi connectivity index (χ2v) is 7.26. The number of carbonyl (C=O) groups excluding carboxylic acids is 2. The molecule has 1 aromatic heterocycles. The number of carbonyl (C=O) groups is 3. The van der Waals surface area contributed by atoms with E-state index < -0.39 is 29.9 Å². The van der Waals surface area contributed by atoms with Gasteiger partial charge in [-0.25, -0.2) is 4.79 Å². The highest BCUT2D eigenvalue weighted by molar-refractivity contribution is 8.00. The first-order valence-electron chi connectivity index (χ1n) is 6.85. The van der Waals surface area contributed by atoms with E-state index in [-0.39, 0.29) is 18.0 Å². The van der Waals surface area contributed by atoms with E-state index in [0.29, 0.717) is 11.3 Å². The lowest BCUT2D eigenvalue weighted by Crippen LogP contribution is -2.70. The molecular formula is C14H14N2O5S2. The van der Waals surface area contributed by atoms with Gasteiger partial charge in [0.15, 0.2) is 0 Å². The molecule has 1 fully saturated rings. The van der Waals surface area contributed by atoms with Crippen LogP contribution in [0.3, 0.4) is 0 Å². The molecule has 0 radical (unpaired) electrons. The van der Waals surface area contributed by atoms with Crippen molar-refractivity contribution < 1.29 is 24.6 Å². The predicted molar refractivity (Wildman–Crippen MR) is 84.8 cm³/mol. The van der Waals surface area contributed by atoms with E-state index >= 15 is 0 Å². The third kappa shape index (κ3) is 2.87. The number of rotatable bonds is 5. The lowest BCUT2D eigenvalue weighted by molar-refractivity contribution is -0.150. The van der Waals surface area contributed by atoms with Gasteiger partial charge in [-0.1, -0.05) is 6.07 Å². The van der Waals surface area contributed by atoms with Gasteiger partial charge >= 0.3 is 5.97 Å². The van der Waals surface area contributed by atoms with Gasteiger partial charge < -0.3 is 15.5 Å². The zero-order chi connectivity index (χ0) is 16.6. The molecule has 0 aliphatic carbocycles. The molecule has 0 spiro atoms. The van der Waals surface area contributed by atoms with Gasteiger partial charge in [0.05, 0.1) is 13.0 Å². The smallest absolute Gasteiger partial charge is 0.352 e. The van der Waals surface area contributed by atoms with Gasteiger partial charge in [0, 0.05) is 10.6 Å². The summed E-state index contributed by atoms with van der Waals surface area (Å²) in [4.78, 5) is 37.6. The van der Waals surface area contributed by atoms with Crippen LogP contribution in [0.2, 0.25) is 0 Å². The highest BCUT2D eigenvalue weighted by atomic mass is 32.2. The number of nitrogens with one attached hydrogen (secondary N) is 1. The van der Waals surface area contributed by atoms with Crippen molar-refractivity contribution in [3.63, 3.8) is 0 Å². The number of thiophene rings is 1. The highest BCUT2D eigenvalue weighted by Gasteiger charge is 2.54. The maximum Gasteiger partial charge on any atom is 0.352 e. The van der Waals surface area contributed by atoms with Crippen molar-refractivity contribution in [2.45, 2.75) is 17.8 Å². The molecule has 122 valence electrons. The largest absolute Gasteiger partial charge is 0.477 e. The molecule has 1 aromatic rings. The Bertz CT molecular complexity index is 685. The number of nitrogens with zero attached hydrogens (tertiary/aromatic N) is 1. The van der Waals surface area contributed by atoms with Crippen molar-refractivity contribution in [3.05, 3.63) is 33.7 Å². The summed E-state index contributed by atoms with van der Waals surface area (Å²) in [5, 5.41) is 22.6. The average Bonchev–Trinajstić information content (AvgIpc) is 3.03. The number of aliphatic carboxylic acids is 1. The molecule has 7 nitrogen and oxygen atoms in total. The number of carboxylic acids is 1. The van der Waals surface area contributed by atoms with Crippen LogP contribution >= 0.6 is 23.1 Å². The Hall–Kier alpha value is -1.84. The summed E-state index contributed by atoms with van der Waals surface area (Å²) >= 11 is 2.80. The number of β-lactam (4-membered cyclic amide) rings is 1. The number of amides is 2. The maximum atomic E-state index is 12.2. The van der Waals surface area contributed by atoms with Gasteiger partial charge in [0.1, 0.15) is 17.1 Å². The van der Waals surface area contributed by atoms with E-state index in [2.05, 4.69) is 5.32 Å². The second-order valence-electron chi connectivity index (χ2n) is 5.13. The fourth-order valence-corrected chi connectivity index (χ4v) is 4.64. The van der Waals surface area contributed by atoms with E-state index in [1.807, 2.05) is 17.5 Å². The van der Waals surface area contributed by atoms with Gasteiger partial charge in [0.25, 0.3) is 5.91 Å². The third-order valence-electron chi connectivity index (χ3n) is 3.67. The van der Waals surface area contributed by atoms with Gasteiger partial charge in [-0.05, 0) is 17.0 Å². The monoisotopic (exact) mass is 354 g/mol. The number of aliphatic hydroxyl groups is 1. The summed E-state index contributed by atoms with van der Waals surface area (Å²) in [5.41, 5.74) is 0.153. The van der Waals surface area contributed by atoms with E-state index in [4.69, 9.17) is 0 Å². The maximum absolute atomic E-state index is 12.2. The van der Waals surface area contributed by atoms with Crippen LogP contribution in [-0.4, -0.2) is 56.7 Å². The SMILES string of the molecule is O=C(Cc1cccs1)NC1C(=O)N2C(C(=O)O)=C(CO)CS[C@H]12. The number of carboxylic acid groups (broad SMARTS) is 1. The summed E-state index contributed by atoms with van der Waals surface area (Å²) < 4.78 is 0. The van der Waals surface area contributed by atoms with Crippen LogP contribution < -0.4 is 5.32 Å². The van der Waals surface area contributed by atoms with Crippen molar-refractivity contribution in [1.82, 2.24) is 10.2 Å². The van der Waals surface area contributed by atoms with Gasteiger partial charge in [-0.15, -0.1) is 23.1 Å². The first kappa shape index (κ1) is 16.0. The lowest BCUT2D eigenvalue weighted by Gasteiger charge is -2.49. The number of hydrogen-bond acceptors (Lipinski definition) is 6. The number of thioether (sulfide) groups is 1. The van der Waals surface area contributed by atoms with Crippen LogP contribution in [0.15, 0.2) is 28.8 Å². The number of aliphatic hydroxyl groups excluding tert-OH is 1. The van der Waals surface area contributed by atoms with Gasteiger partial charge in [0.2, 0.25) is 5.91 Å². The van der Waals surface area contributed by atoms with E-state index in [9.17, 15) is 24.6 Å². The molecule has 1 saturated heterocycles. The van der Waals surface area contributed by atoms with Gasteiger partial charge in [-0.2, -0.15) is 0 Å². The molecule has 2 aliphatic rings. The molecule has 0 saturated carbocycles. The van der Waals surface area contributed by atoms with E-state index in [1.54, 1.807) is 0 Å². The average molecular weight is 354 g/mol. The van der Waals surface area contributed by atoms with Crippen LogP contribution in [0.1, 0.15) is 4.88 Å². The summed E-state index contributed by atoms with van der Waals surface area (Å²) in [6.07, 6.45) is 0.197. The molecule has 2 amide bonds. The highest BCUT2D eigenvalue weighted by Crippen LogP contribution is 2.40. The molecule has 3 heterocycles. The van der Waals surface area contributed by atoms with Crippen LogP contribution in [-0.2, 0) is 20.8 Å². The summed E-state index contributed by atoms with van der Waals surface area (Å²) in [7, 11) is 0. The van der Waals surface area contributed by atoms with E-state index in [0.717, 1.165) is 9.78 Å². The van der Waals surface area contributed by atoms with Crippen molar-refractivity contribution in [3.8, 4) is 0 Å². The van der Waals surface area contributed by atoms with Crippen molar-refractivity contribution >= 4 is 40.9 Å². The molecule has 1 unspecified atom stereocenters. The van der Waals surface area contributed by atoms with Crippen LogP contribution in [0, 0.1) is 0 Å². The Balaban J connectivity index is 1.69. The zero-order valence-corrected chi connectivity index (χ0v) is 13.5. The Kier molecular flexibility index (Phi) is 4.42. The molecule has 0 aromatic carbocycles. The molecule has 0 bridgehead atoms. The van der Waals surface area contributed by atoms with Crippen molar-refractivity contribution in [2.75, 3.05) is 12.4 Å². The molecule has 9 heteroatoms. The number of hydrogen-bond donors (Lipinski definition) is 3. The first-order valence-corrected chi connectivity index (χ1v) is 8.78. The Labute approximate surface area is 140 Å². The predicted octanol–water partition coefficient (Wildman–Crippen LogP) is 0.0215. The van der Waals surface area contributed by atoms with Gasteiger partial charge in [-0.3, -0.25) is 14.5 Å². The standard InChI is InChI=1S/C14H14N2O5S2/c17-5-7-6-23-13-10(12(19)16(13)11(7)14(20)21)15-9(18)4-8-2-1-3-22-8/h1-3,10,13,17H,4-6H2,(H,15,18)(H,20,21)/t10?,13-/m1/s1. The molecule has 2 aliphatic heterocycles. The topological polar surface area (TPSA) is 107 Å².